The zero-order chi connectivity index (χ0) is 17.5. The number of nitrogens with one attached hydrogen (secondary N) is 2. The third-order valence-electron chi connectivity index (χ3n) is 3.46. The number of amides is 2. The molecule has 1 atom stereocenters. The monoisotopic (exact) mass is 343 g/mol. The number of carbonyl (C=O) groups excluding carboxylic acids is 2. The van der Waals surface area contributed by atoms with Gasteiger partial charge in [0.2, 0.25) is 5.91 Å². The minimum absolute atomic E-state index is 0.0317. The number of aromatic amines is 1. The van der Waals surface area contributed by atoms with Gasteiger partial charge in [-0.15, -0.1) is 6.42 Å². The molecule has 2 N–H and O–H groups in total. The molecular formula is C16H17N5O2S. The molecule has 124 valence electrons. The van der Waals surface area contributed by atoms with Crippen molar-refractivity contribution in [1.82, 2.24) is 20.2 Å². The largest absolute Gasteiger partial charge is 0.349 e. The maximum Gasteiger partial charge on any atom is 0.265 e. The number of nitriles is 1. The lowest BCUT2D eigenvalue weighted by Crippen LogP contribution is -2.31. The first-order valence-corrected chi connectivity index (χ1v) is 8.32. The molecule has 2 rings (SSSR count). The molecule has 7 nitrogen and oxygen atoms in total. The van der Waals surface area contributed by atoms with Crippen molar-refractivity contribution in [2.45, 2.75) is 25.0 Å². The average molecular weight is 343 g/mol. The molecular weight excluding hydrogens is 326 g/mol. The van der Waals surface area contributed by atoms with Crippen molar-refractivity contribution in [3.63, 3.8) is 0 Å². The van der Waals surface area contributed by atoms with E-state index in [4.69, 9.17) is 6.42 Å². The Morgan fingerprint density at radius 2 is 2.42 bits per heavy atom. The zero-order valence-corrected chi connectivity index (χ0v) is 14.0. The van der Waals surface area contributed by atoms with E-state index in [0.717, 1.165) is 5.82 Å². The molecule has 1 aromatic heterocycles. The molecule has 8 heteroatoms. The first kappa shape index (κ1) is 17.6. The number of thioether (sulfide) groups is 1. The lowest BCUT2D eigenvalue weighted by atomic mass is 10.2. The second-order valence-electron chi connectivity index (χ2n) is 4.94. The van der Waals surface area contributed by atoms with E-state index in [2.05, 4.69) is 21.2 Å². The quantitative estimate of drug-likeness (QED) is 0.452. The van der Waals surface area contributed by atoms with Crippen LogP contribution in [-0.4, -0.2) is 45.0 Å². The van der Waals surface area contributed by atoms with Crippen molar-refractivity contribution in [2.24, 2.45) is 0 Å². The van der Waals surface area contributed by atoms with E-state index in [1.807, 2.05) is 13.0 Å². The highest BCUT2D eigenvalue weighted by atomic mass is 32.2. The number of H-pyrrole nitrogens is 1. The highest BCUT2D eigenvalue weighted by Gasteiger charge is 2.38. The summed E-state index contributed by atoms with van der Waals surface area (Å²) in [5.41, 5.74) is -0.0778. The summed E-state index contributed by atoms with van der Waals surface area (Å²) < 4.78 is 0. The molecule has 24 heavy (non-hydrogen) atoms. The van der Waals surface area contributed by atoms with E-state index in [1.165, 1.54) is 16.7 Å². The van der Waals surface area contributed by atoms with Crippen LogP contribution in [0.15, 0.2) is 23.0 Å². The summed E-state index contributed by atoms with van der Waals surface area (Å²) >= 11 is 1.25. The van der Waals surface area contributed by atoms with Crippen LogP contribution in [0.25, 0.3) is 0 Å². The van der Waals surface area contributed by atoms with Gasteiger partial charge in [-0.3, -0.25) is 9.59 Å². The van der Waals surface area contributed by atoms with E-state index in [-0.39, 0.29) is 23.3 Å². The fraction of sp³-hybridized carbons (Fsp3) is 0.375. The molecule has 0 radical (unpaired) electrons. The Balaban J connectivity index is 2.18. The number of hydrogen-bond donors (Lipinski definition) is 2. The van der Waals surface area contributed by atoms with Crippen LogP contribution in [0.4, 0.5) is 0 Å². The van der Waals surface area contributed by atoms with Gasteiger partial charge in [-0.25, -0.2) is 4.98 Å². The number of carbonyl (C=O) groups is 2. The van der Waals surface area contributed by atoms with Crippen molar-refractivity contribution < 1.29 is 9.59 Å². The van der Waals surface area contributed by atoms with Gasteiger partial charge in [-0.05, 0) is 13.3 Å². The van der Waals surface area contributed by atoms with Crippen molar-refractivity contribution in [3.05, 3.63) is 28.8 Å². The molecule has 1 saturated heterocycles. The Hall–Kier alpha value is -2.71. The van der Waals surface area contributed by atoms with Gasteiger partial charge in [0.05, 0.1) is 11.8 Å². The van der Waals surface area contributed by atoms with Crippen molar-refractivity contribution >= 4 is 23.6 Å². The molecule has 1 unspecified atom stereocenters. The molecule has 0 aromatic carbocycles. The second-order valence-corrected chi connectivity index (χ2v) is 6.13. The number of aryl methyl sites for hydroxylation is 1. The highest BCUT2D eigenvalue weighted by Crippen LogP contribution is 2.39. The van der Waals surface area contributed by atoms with Gasteiger partial charge in [0.15, 0.2) is 0 Å². The average Bonchev–Trinajstić information content (AvgIpc) is 3.20. The van der Waals surface area contributed by atoms with Crippen LogP contribution in [-0.2, 0) is 16.0 Å². The summed E-state index contributed by atoms with van der Waals surface area (Å²) in [5, 5.41) is 11.9. The van der Waals surface area contributed by atoms with Gasteiger partial charge in [-0.2, -0.15) is 5.26 Å². The van der Waals surface area contributed by atoms with Gasteiger partial charge < -0.3 is 15.2 Å². The van der Waals surface area contributed by atoms with Gasteiger partial charge >= 0.3 is 0 Å². The van der Waals surface area contributed by atoms with Crippen LogP contribution in [0, 0.1) is 23.7 Å². The molecule has 1 aliphatic heterocycles. The molecule has 2 heterocycles. The topological polar surface area (TPSA) is 102 Å². The number of aromatic nitrogens is 2. The molecule has 1 aliphatic rings. The van der Waals surface area contributed by atoms with Crippen LogP contribution in [0.2, 0.25) is 0 Å². The van der Waals surface area contributed by atoms with Crippen molar-refractivity contribution in [1.29, 1.82) is 5.26 Å². The molecule has 0 bridgehead atoms. The van der Waals surface area contributed by atoms with E-state index >= 15 is 0 Å². The van der Waals surface area contributed by atoms with Crippen LogP contribution >= 0.6 is 11.8 Å². The summed E-state index contributed by atoms with van der Waals surface area (Å²) in [5.74, 6) is 2.43. The number of imidazole rings is 1. The van der Waals surface area contributed by atoms with Gasteiger partial charge in [0.25, 0.3) is 5.91 Å². The number of rotatable bonds is 6. The van der Waals surface area contributed by atoms with Gasteiger partial charge in [-0.1, -0.05) is 17.7 Å². The fourth-order valence-electron chi connectivity index (χ4n) is 2.32. The Bertz CT molecular complexity index is 727. The van der Waals surface area contributed by atoms with E-state index in [1.54, 1.807) is 12.4 Å². The van der Waals surface area contributed by atoms with Crippen LogP contribution in [0.5, 0.6) is 0 Å². The standard InChI is InChI=1S/C16H17N5O2S/c1-3-7-20-14(22)11(10-17)16-21(4-2)15(23)12(24-16)5-6-13-18-8-9-19-13/h1,8-9,12H,4-7H2,2H3,(H,18,19)(H,20,22). The second kappa shape index (κ2) is 8.23. The molecule has 0 aliphatic carbocycles. The van der Waals surface area contributed by atoms with Crippen molar-refractivity contribution in [3.8, 4) is 18.4 Å². The van der Waals surface area contributed by atoms with Crippen LogP contribution < -0.4 is 5.32 Å². The summed E-state index contributed by atoms with van der Waals surface area (Å²) in [7, 11) is 0. The first-order chi connectivity index (χ1) is 11.6. The van der Waals surface area contributed by atoms with Crippen LogP contribution in [0.3, 0.4) is 0 Å². The predicted octanol–water partition coefficient (Wildman–Crippen LogP) is 0.791. The zero-order valence-electron chi connectivity index (χ0n) is 13.2. The van der Waals surface area contributed by atoms with E-state index in [9.17, 15) is 14.9 Å². The Morgan fingerprint density at radius 1 is 1.62 bits per heavy atom. The third-order valence-corrected chi connectivity index (χ3v) is 4.83. The number of hydrogen-bond acceptors (Lipinski definition) is 5. The summed E-state index contributed by atoms with van der Waals surface area (Å²) in [6, 6.07) is 1.89. The maximum atomic E-state index is 12.5. The summed E-state index contributed by atoms with van der Waals surface area (Å²) in [6.07, 6.45) is 9.69. The molecule has 0 saturated carbocycles. The van der Waals surface area contributed by atoms with E-state index < -0.39 is 5.91 Å². The number of nitrogens with zero attached hydrogens (tertiary/aromatic N) is 3. The first-order valence-electron chi connectivity index (χ1n) is 7.44. The third kappa shape index (κ3) is 3.79. The summed E-state index contributed by atoms with van der Waals surface area (Å²) in [4.78, 5) is 33.2. The maximum absolute atomic E-state index is 12.5. The van der Waals surface area contributed by atoms with Crippen molar-refractivity contribution in [2.75, 3.05) is 13.1 Å². The Labute approximate surface area is 144 Å². The van der Waals surface area contributed by atoms with Crippen LogP contribution in [0.1, 0.15) is 19.2 Å². The van der Waals surface area contributed by atoms with Gasteiger partial charge in [0.1, 0.15) is 22.5 Å². The summed E-state index contributed by atoms with van der Waals surface area (Å²) in [6.45, 7) is 2.23. The molecule has 2 amide bonds. The lowest BCUT2D eigenvalue weighted by Gasteiger charge is -2.15. The molecule has 0 spiro atoms. The van der Waals surface area contributed by atoms with Gasteiger partial charge in [0, 0.05) is 25.4 Å². The predicted molar refractivity (Wildman–Crippen MR) is 90.2 cm³/mol. The molecule has 1 aromatic rings. The minimum atomic E-state index is -0.559. The lowest BCUT2D eigenvalue weighted by molar-refractivity contribution is -0.127. The normalized spacial score (nSPS) is 18.9. The number of terminal acetylenes is 1. The highest BCUT2D eigenvalue weighted by molar-refractivity contribution is 8.04. The Kier molecular flexibility index (Phi) is 6.05. The Morgan fingerprint density at radius 3 is 3.00 bits per heavy atom. The fourth-order valence-corrected chi connectivity index (χ4v) is 3.65. The van der Waals surface area contributed by atoms with E-state index in [0.29, 0.717) is 24.4 Å². The molecule has 1 fully saturated rings. The SMILES string of the molecule is C#CCNC(=O)C(C#N)=C1SC(CCc2ncc[nH]2)C(=O)N1CC. The smallest absolute Gasteiger partial charge is 0.265 e. The minimum Gasteiger partial charge on any atom is -0.349 e.